The predicted octanol–water partition coefficient (Wildman–Crippen LogP) is 3.70. The van der Waals surface area contributed by atoms with Gasteiger partial charge in [-0.15, -0.1) is 0 Å². The van der Waals surface area contributed by atoms with Crippen LogP contribution in [0.3, 0.4) is 0 Å². The van der Waals surface area contributed by atoms with E-state index in [4.69, 9.17) is 9.84 Å². The minimum absolute atomic E-state index is 0.130. The molecule has 1 aromatic heterocycles. The third-order valence-electron chi connectivity index (χ3n) is 3.08. The third kappa shape index (κ3) is 3.95. The molecule has 0 bridgehead atoms. The maximum absolute atomic E-state index is 11.2. The maximum Gasteiger partial charge on any atom is 0.339 e. The number of ether oxygens (including phenoxy) is 1. The van der Waals surface area contributed by atoms with Crippen molar-refractivity contribution in [2.45, 2.75) is 26.4 Å². The standard InChI is InChI=1S/C16H18N2O3/c1-3-11(2)21-13-6-4-5-12(9-13)18-15-7-8-17-10-14(15)16(19)20/h4-11H,3H2,1-2H3,(H,17,18)(H,19,20). The minimum atomic E-state index is -1.02. The lowest BCUT2D eigenvalue weighted by molar-refractivity contribution is 0.0697. The number of nitrogens with one attached hydrogen (secondary N) is 1. The second-order valence-electron chi connectivity index (χ2n) is 4.72. The highest BCUT2D eigenvalue weighted by molar-refractivity contribution is 5.94. The average molecular weight is 286 g/mol. The molecule has 0 aliphatic heterocycles. The molecular weight excluding hydrogens is 268 g/mol. The SMILES string of the molecule is CCC(C)Oc1cccc(Nc2ccncc2C(=O)O)c1. The van der Waals surface area contributed by atoms with Gasteiger partial charge in [-0.25, -0.2) is 4.79 Å². The number of nitrogens with zero attached hydrogens (tertiary/aromatic N) is 1. The lowest BCUT2D eigenvalue weighted by atomic mass is 10.2. The van der Waals surface area contributed by atoms with E-state index >= 15 is 0 Å². The summed E-state index contributed by atoms with van der Waals surface area (Å²) in [6.45, 7) is 4.06. The Morgan fingerprint density at radius 3 is 2.95 bits per heavy atom. The van der Waals surface area contributed by atoms with E-state index in [0.29, 0.717) is 5.69 Å². The van der Waals surface area contributed by atoms with Crippen LogP contribution in [0.4, 0.5) is 11.4 Å². The first-order valence-electron chi connectivity index (χ1n) is 6.81. The van der Waals surface area contributed by atoms with Crippen molar-refractivity contribution < 1.29 is 14.6 Å². The largest absolute Gasteiger partial charge is 0.491 e. The number of benzene rings is 1. The highest BCUT2D eigenvalue weighted by Crippen LogP contribution is 2.24. The summed E-state index contributed by atoms with van der Waals surface area (Å²) in [4.78, 5) is 15.0. The zero-order valence-corrected chi connectivity index (χ0v) is 12.0. The Balaban J connectivity index is 2.20. The summed E-state index contributed by atoms with van der Waals surface area (Å²) in [7, 11) is 0. The van der Waals surface area contributed by atoms with Gasteiger partial charge in [0.05, 0.1) is 11.8 Å². The molecule has 1 aromatic carbocycles. The van der Waals surface area contributed by atoms with Crippen LogP contribution in [0, 0.1) is 0 Å². The second-order valence-corrected chi connectivity index (χ2v) is 4.72. The van der Waals surface area contributed by atoms with E-state index in [9.17, 15) is 4.79 Å². The number of hydrogen-bond acceptors (Lipinski definition) is 4. The summed E-state index contributed by atoms with van der Waals surface area (Å²) in [6, 6.07) is 9.07. The van der Waals surface area contributed by atoms with Crippen molar-refractivity contribution in [3.05, 3.63) is 48.3 Å². The number of anilines is 2. The third-order valence-corrected chi connectivity index (χ3v) is 3.08. The maximum atomic E-state index is 11.2. The van der Waals surface area contributed by atoms with Crippen LogP contribution in [0.15, 0.2) is 42.7 Å². The predicted molar refractivity (Wildman–Crippen MR) is 81.3 cm³/mol. The molecule has 0 aliphatic carbocycles. The molecule has 1 atom stereocenters. The van der Waals surface area contributed by atoms with Crippen LogP contribution in [0.1, 0.15) is 30.6 Å². The van der Waals surface area contributed by atoms with Crippen molar-refractivity contribution in [1.82, 2.24) is 4.98 Å². The van der Waals surface area contributed by atoms with E-state index in [-0.39, 0.29) is 11.7 Å². The Morgan fingerprint density at radius 1 is 1.43 bits per heavy atom. The van der Waals surface area contributed by atoms with Crippen LogP contribution in [-0.2, 0) is 0 Å². The van der Waals surface area contributed by atoms with Crippen molar-refractivity contribution >= 4 is 17.3 Å². The molecule has 0 aliphatic rings. The topological polar surface area (TPSA) is 71.5 Å². The first-order chi connectivity index (χ1) is 10.1. The molecule has 110 valence electrons. The van der Waals surface area contributed by atoms with E-state index in [1.807, 2.05) is 31.2 Å². The molecule has 5 heteroatoms. The van der Waals surface area contributed by atoms with Crippen molar-refractivity contribution in [1.29, 1.82) is 0 Å². The Labute approximate surface area is 123 Å². The van der Waals surface area contributed by atoms with E-state index < -0.39 is 5.97 Å². The molecule has 21 heavy (non-hydrogen) atoms. The Kier molecular flexibility index (Phi) is 4.77. The Hall–Kier alpha value is -2.56. The highest BCUT2D eigenvalue weighted by atomic mass is 16.5. The van der Waals surface area contributed by atoms with Crippen LogP contribution in [0.2, 0.25) is 0 Å². The molecule has 0 saturated carbocycles. The Bertz CT molecular complexity index is 628. The zero-order chi connectivity index (χ0) is 15.2. The molecule has 0 amide bonds. The van der Waals surface area contributed by atoms with Gasteiger partial charge in [0.2, 0.25) is 0 Å². The molecule has 0 saturated heterocycles. The van der Waals surface area contributed by atoms with E-state index in [1.54, 1.807) is 12.3 Å². The number of rotatable bonds is 6. The van der Waals surface area contributed by atoms with Gasteiger partial charge < -0.3 is 15.2 Å². The number of hydrogen-bond donors (Lipinski definition) is 2. The molecule has 2 N–H and O–H groups in total. The van der Waals surface area contributed by atoms with Crippen molar-refractivity contribution in [3.63, 3.8) is 0 Å². The van der Waals surface area contributed by atoms with Gasteiger partial charge in [-0.2, -0.15) is 0 Å². The van der Waals surface area contributed by atoms with E-state index in [2.05, 4.69) is 17.2 Å². The van der Waals surface area contributed by atoms with Gasteiger partial charge in [0.1, 0.15) is 11.3 Å². The minimum Gasteiger partial charge on any atom is -0.491 e. The molecule has 2 rings (SSSR count). The summed E-state index contributed by atoms with van der Waals surface area (Å²) < 4.78 is 5.75. The highest BCUT2D eigenvalue weighted by Gasteiger charge is 2.10. The van der Waals surface area contributed by atoms with Gasteiger partial charge in [0.25, 0.3) is 0 Å². The lowest BCUT2D eigenvalue weighted by Crippen LogP contribution is -2.09. The Morgan fingerprint density at radius 2 is 2.24 bits per heavy atom. The van der Waals surface area contributed by atoms with Gasteiger partial charge in [-0.1, -0.05) is 13.0 Å². The van der Waals surface area contributed by atoms with Crippen molar-refractivity contribution in [2.75, 3.05) is 5.32 Å². The lowest BCUT2D eigenvalue weighted by Gasteiger charge is -2.14. The summed E-state index contributed by atoms with van der Waals surface area (Å²) in [5.74, 6) is -0.266. The monoisotopic (exact) mass is 286 g/mol. The number of aromatic nitrogens is 1. The van der Waals surface area contributed by atoms with Crippen molar-refractivity contribution in [3.8, 4) is 5.75 Å². The molecule has 0 radical (unpaired) electrons. The van der Waals surface area contributed by atoms with Crippen LogP contribution < -0.4 is 10.1 Å². The van der Waals surface area contributed by atoms with E-state index in [0.717, 1.165) is 17.9 Å². The van der Waals surface area contributed by atoms with Gasteiger partial charge in [0, 0.05) is 24.1 Å². The summed E-state index contributed by atoms with van der Waals surface area (Å²) in [5.41, 5.74) is 1.40. The first kappa shape index (κ1) is 14.8. The van der Waals surface area contributed by atoms with Gasteiger partial charge in [-0.05, 0) is 31.5 Å². The molecule has 2 aromatic rings. The summed E-state index contributed by atoms with van der Waals surface area (Å²) in [6.07, 6.45) is 3.93. The summed E-state index contributed by atoms with van der Waals surface area (Å²) in [5, 5.41) is 12.2. The smallest absolute Gasteiger partial charge is 0.339 e. The van der Waals surface area contributed by atoms with Gasteiger partial charge in [-0.3, -0.25) is 4.98 Å². The fraction of sp³-hybridized carbons (Fsp3) is 0.250. The fourth-order valence-corrected chi connectivity index (χ4v) is 1.79. The van der Waals surface area contributed by atoms with E-state index in [1.165, 1.54) is 6.20 Å². The number of carboxylic acid groups (broad SMARTS) is 1. The average Bonchev–Trinajstić information content (AvgIpc) is 2.48. The van der Waals surface area contributed by atoms with Crippen LogP contribution in [-0.4, -0.2) is 22.2 Å². The molecule has 0 spiro atoms. The van der Waals surface area contributed by atoms with Crippen LogP contribution in [0.25, 0.3) is 0 Å². The van der Waals surface area contributed by atoms with Crippen molar-refractivity contribution in [2.24, 2.45) is 0 Å². The second kappa shape index (κ2) is 6.74. The molecular formula is C16H18N2O3. The molecule has 5 nitrogen and oxygen atoms in total. The number of carbonyl (C=O) groups is 1. The molecule has 1 unspecified atom stereocenters. The van der Waals surface area contributed by atoms with Gasteiger partial charge >= 0.3 is 5.97 Å². The first-order valence-corrected chi connectivity index (χ1v) is 6.81. The zero-order valence-electron chi connectivity index (χ0n) is 12.0. The number of carboxylic acids is 1. The van der Waals surface area contributed by atoms with Crippen LogP contribution >= 0.6 is 0 Å². The van der Waals surface area contributed by atoms with Crippen LogP contribution in [0.5, 0.6) is 5.75 Å². The number of pyridine rings is 1. The van der Waals surface area contributed by atoms with Gasteiger partial charge in [0.15, 0.2) is 0 Å². The molecule has 1 heterocycles. The summed E-state index contributed by atoms with van der Waals surface area (Å²) >= 11 is 0. The normalized spacial score (nSPS) is 11.7. The molecule has 0 fully saturated rings. The number of aromatic carboxylic acids is 1. The fourth-order valence-electron chi connectivity index (χ4n) is 1.79. The quantitative estimate of drug-likeness (QED) is 0.847.